The smallest absolute Gasteiger partial charge is 0.253 e. The number of amides is 1. The first-order valence-electron chi connectivity index (χ1n) is 10.7. The van der Waals surface area contributed by atoms with Crippen molar-refractivity contribution >= 4 is 41.5 Å². The number of ether oxygens (including phenoxy) is 1. The van der Waals surface area contributed by atoms with Crippen LogP contribution in [0.3, 0.4) is 0 Å². The fourth-order valence-corrected chi connectivity index (χ4v) is 4.55. The molecule has 160 valence electrons. The van der Waals surface area contributed by atoms with Crippen molar-refractivity contribution in [1.82, 2.24) is 10.2 Å². The van der Waals surface area contributed by atoms with Crippen LogP contribution < -0.4 is 10.6 Å². The van der Waals surface area contributed by atoms with Crippen molar-refractivity contribution in [3.63, 3.8) is 0 Å². The third-order valence-electron chi connectivity index (χ3n) is 6.31. The highest BCUT2D eigenvalue weighted by atomic mass is 127. The predicted octanol–water partition coefficient (Wildman–Crippen LogP) is 3.76. The molecule has 0 radical (unpaired) electrons. The number of hydrogen-bond donors (Lipinski definition) is 2. The topological polar surface area (TPSA) is 66.0 Å². The second-order valence-corrected chi connectivity index (χ2v) is 8.39. The van der Waals surface area contributed by atoms with Crippen molar-refractivity contribution in [2.45, 2.75) is 58.1 Å². The number of aliphatic imine (C=N–C) groups is 1. The summed E-state index contributed by atoms with van der Waals surface area (Å²) in [5, 5.41) is 6.43. The molecule has 1 aromatic carbocycles. The number of hydrogen-bond acceptors (Lipinski definition) is 3. The number of anilines is 1. The molecule has 0 bridgehead atoms. The van der Waals surface area contributed by atoms with Crippen molar-refractivity contribution in [1.29, 1.82) is 0 Å². The van der Waals surface area contributed by atoms with E-state index in [0.29, 0.717) is 18.6 Å². The maximum absolute atomic E-state index is 12.3. The van der Waals surface area contributed by atoms with Crippen molar-refractivity contribution in [2.24, 2.45) is 10.4 Å². The fourth-order valence-electron chi connectivity index (χ4n) is 4.55. The van der Waals surface area contributed by atoms with Crippen LogP contribution in [0.2, 0.25) is 0 Å². The number of guanidine groups is 1. The first-order chi connectivity index (χ1) is 13.7. The van der Waals surface area contributed by atoms with Crippen LogP contribution in [0.1, 0.15) is 51.0 Å². The molecule has 1 unspecified atom stereocenters. The molecule has 2 saturated heterocycles. The third-order valence-corrected chi connectivity index (χ3v) is 6.31. The molecule has 4 rings (SSSR count). The van der Waals surface area contributed by atoms with Gasteiger partial charge in [0.1, 0.15) is 6.10 Å². The minimum atomic E-state index is -0.309. The number of nitrogens with zero attached hydrogens (tertiary/aromatic N) is 2. The van der Waals surface area contributed by atoms with Gasteiger partial charge in [0.05, 0.1) is 6.54 Å². The van der Waals surface area contributed by atoms with Gasteiger partial charge in [0.15, 0.2) is 5.96 Å². The molecule has 1 saturated carbocycles. The van der Waals surface area contributed by atoms with Gasteiger partial charge in [-0.3, -0.25) is 4.79 Å². The fraction of sp³-hybridized carbons (Fsp3) is 0.636. The molecule has 0 aromatic heterocycles. The summed E-state index contributed by atoms with van der Waals surface area (Å²) in [6.45, 7) is 6.51. The predicted molar refractivity (Wildman–Crippen MR) is 127 cm³/mol. The molecule has 1 spiro atoms. The SMILES string of the molecule is CCNC(=NCc1cccc(NC(=O)C2CCCO2)c1)N1CCC2(CCC2)C1.I. The number of rotatable bonds is 5. The molecule has 3 aliphatic rings. The lowest BCUT2D eigenvalue weighted by molar-refractivity contribution is -0.124. The van der Waals surface area contributed by atoms with E-state index in [1.165, 1.54) is 25.7 Å². The summed E-state index contributed by atoms with van der Waals surface area (Å²) in [5.41, 5.74) is 2.47. The molecule has 6 nitrogen and oxygen atoms in total. The van der Waals surface area contributed by atoms with Crippen molar-refractivity contribution < 1.29 is 9.53 Å². The lowest BCUT2D eigenvalue weighted by Crippen LogP contribution is -2.42. The number of carbonyl (C=O) groups is 1. The van der Waals surface area contributed by atoms with Crippen LogP contribution in [0.25, 0.3) is 0 Å². The Kier molecular flexibility index (Phi) is 7.79. The molecule has 2 aliphatic heterocycles. The highest BCUT2D eigenvalue weighted by molar-refractivity contribution is 14.0. The largest absolute Gasteiger partial charge is 0.368 e. The molecule has 29 heavy (non-hydrogen) atoms. The van der Waals surface area contributed by atoms with Crippen LogP contribution in [-0.2, 0) is 16.1 Å². The van der Waals surface area contributed by atoms with Gasteiger partial charge in [-0.05, 0) is 62.1 Å². The van der Waals surface area contributed by atoms with E-state index < -0.39 is 0 Å². The van der Waals surface area contributed by atoms with Gasteiger partial charge in [-0.15, -0.1) is 24.0 Å². The van der Waals surface area contributed by atoms with Crippen LogP contribution in [0.5, 0.6) is 0 Å². The van der Waals surface area contributed by atoms with Crippen molar-refractivity contribution in [3.05, 3.63) is 29.8 Å². The molecule has 2 heterocycles. The van der Waals surface area contributed by atoms with Gasteiger partial charge < -0.3 is 20.3 Å². The van der Waals surface area contributed by atoms with Gasteiger partial charge in [0, 0.05) is 31.9 Å². The highest BCUT2D eigenvalue weighted by Gasteiger charge is 2.43. The van der Waals surface area contributed by atoms with E-state index in [4.69, 9.17) is 9.73 Å². The van der Waals surface area contributed by atoms with Crippen LogP contribution in [-0.4, -0.2) is 49.1 Å². The van der Waals surface area contributed by atoms with Gasteiger partial charge in [-0.25, -0.2) is 4.99 Å². The minimum absolute atomic E-state index is 0. The van der Waals surface area contributed by atoms with Crippen molar-refractivity contribution in [3.8, 4) is 0 Å². The zero-order valence-corrected chi connectivity index (χ0v) is 19.6. The van der Waals surface area contributed by atoms with E-state index in [-0.39, 0.29) is 36.0 Å². The van der Waals surface area contributed by atoms with Gasteiger partial charge in [0.25, 0.3) is 5.91 Å². The summed E-state index contributed by atoms with van der Waals surface area (Å²) in [5.74, 6) is 0.967. The second kappa shape index (κ2) is 10.1. The first kappa shape index (κ1) is 22.3. The maximum atomic E-state index is 12.3. The normalized spacial score (nSPS) is 22.9. The van der Waals surface area contributed by atoms with Crippen molar-refractivity contribution in [2.75, 3.05) is 31.6 Å². The maximum Gasteiger partial charge on any atom is 0.253 e. The Morgan fingerprint density at radius 3 is 2.83 bits per heavy atom. The number of nitrogens with one attached hydrogen (secondary N) is 2. The van der Waals surface area contributed by atoms with Crippen LogP contribution in [0.15, 0.2) is 29.3 Å². The Morgan fingerprint density at radius 2 is 2.17 bits per heavy atom. The second-order valence-electron chi connectivity index (χ2n) is 8.39. The molecule has 1 aliphatic carbocycles. The minimum Gasteiger partial charge on any atom is -0.368 e. The Balaban J connectivity index is 0.00000240. The lowest BCUT2D eigenvalue weighted by atomic mass is 9.68. The summed E-state index contributed by atoms with van der Waals surface area (Å²) >= 11 is 0. The van der Waals surface area contributed by atoms with Gasteiger partial charge in [0.2, 0.25) is 0 Å². The molecular formula is C22H33IN4O2. The van der Waals surface area contributed by atoms with E-state index in [9.17, 15) is 4.79 Å². The molecule has 2 N–H and O–H groups in total. The van der Waals surface area contributed by atoms with Gasteiger partial charge >= 0.3 is 0 Å². The van der Waals surface area contributed by atoms with Gasteiger partial charge in [-0.1, -0.05) is 18.6 Å². The van der Waals surface area contributed by atoms with Gasteiger partial charge in [-0.2, -0.15) is 0 Å². The average Bonchev–Trinajstić information content (AvgIpc) is 3.35. The average molecular weight is 512 g/mol. The number of carbonyl (C=O) groups excluding carboxylic acids is 1. The Hall–Kier alpha value is -1.35. The van der Waals surface area contributed by atoms with E-state index >= 15 is 0 Å². The zero-order chi connectivity index (χ0) is 19.4. The monoisotopic (exact) mass is 512 g/mol. The number of likely N-dealkylation sites (tertiary alicyclic amines) is 1. The molecule has 1 amide bonds. The highest BCUT2D eigenvalue weighted by Crippen LogP contribution is 2.47. The third kappa shape index (κ3) is 5.42. The zero-order valence-electron chi connectivity index (χ0n) is 17.3. The van der Waals surface area contributed by atoms with Crippen LogP contribution in [0.4, 0.5) is 5.69 Å². The molecule has 1 atom stereocenters. The summed E-state index contributed by atoms with van der Waals surface area (Å²) in [7, 11) is 0. The summed E-state index contributed by atoms with van der Waals surface area (Å²) < 4.78 is 5.46. The quantitative estimate of drug-likeness (QED) is 0.358. The lowest BCUT2D eigenvalue weighted by Gasteiger charge is -2.38. The number of halogens is 1. The molecule has 7 heteroatoms. The van der Waals surface area contributed by atoms with E-state index in [1.807, 2.05) is 18.2 Å². The number of benzene rings is 1. The van der Waals surface area contributed by atoms with E-state index in [1.54, 1.807) is 0 Å². The van der Waals surface area contributed by atoms with E-state index in [2.05, 4.69) is 28.5 Å². The Bertz CT molecular complexity index is 729. The molecule has 3 fully saturated rings. The summed E-state index contributed by atoms with van der Waals surface area (Å²) in [6, 6.07) is 7.97. The summed E-state index contributed by atoms with van der Waals surface area (Å²) in [6.07, 6.45) is 6.87. The first-order valence-corrected chi connectivity index (χ1v) is 10.7. The molecule has 1 aromatic rings. The van der Waals surface area contributed by atoms with Crippen LogP contribution in [0, 0.1) is 5.41 Å². The van der Waals surface area contributed by atoms with Crippen LogP contribution >= 0.6 is 24.0 Å². The summed E-state index contributed by atoms with van der Waals surface area (Å²) in [4.78, 5) is 19.6. The van der Waals surface area contributed by atoms with E-state index in [0.717, 1.165) is 49.7 Å². The standard InChI is InChI=1S/C22H32N4O2.HI/c1-2-23-21(26-12-11-22(16-26)9-5-10-22)24-15-17-6-3-7-18(14-17)25-20(27)19-8-4-13-28-19;/h3,6-7,14,19H,2,4-5,8-13,15-16H2,1H3,(H,23,24)(H,25,27);1H. The molecular weight excluding hydrogens is 479 g/mol. The Morgan fingerprint density at radius 1 is 1.31 bits per heavy atom. The Labute approximate surface area is 190 Å².